The van der Waals surface area contributed by atoms with E-state index in [1.807, 2.05) is 0 Å². The molecule has 0 bridgehead atoms. The van der Waals surface area contributed by atoms with Crippen LogP contribution in [0.25, 0.3) is 0 Å². The zero-order valence-corrected chi connectivity index (χ0v) is 18.2. The molecular weight excluding hydrogens is 453 g/mol. The highest BCUT2D eigenvalue weighted by Crippen LogP contribution is 2.17. The highest BCUT2D eigenvalue weighted by atomic mass is 32.2. The third kappa shape index (κ3) is 6.63. The van der Waals surface area contributed by atoms with E-state index in [1.165, 1.54) is 11.9 Å². The van der Waals surface area contributed by atoms with Gasteiger partial charge in [-0.3, -0.25) is 24.6 Å². The number of carbonyl (C=O) groups excluding carboxylic acids is 2. The van der Waals surface area contributed by atoms with Crippen LogP contribution in [0.5, 0.6) is 0 Å². The van der Waals surface area contributed by atoms with Crippen molar-refractivity contribution in [3.63, 3.8) is 0 Å². The summed E-state index contributed by atoms with van der Waals surface area (Å²) >= 11 is 0. The molecule has 1 heterocycles. The smallest absolute Gasteiger partial charge is 0.497 e. The second-order valence-electron chi connectivity index (χ2n) is 7.01. The van der Waals surface area contributed by atoms with Crippen molar-refractivity contribution in [2.45, 2.75) is 10.8 Å². The van der Waals surface area contributed by atoms with E-state index in [2.05, 4.69) is 16.6 Å². The Hall–Kier alpha value is -3.73. The maximum absolute atomic E-state index is 12.9. The van der Waals surface area contributed by atoms with Gasteiger partial charge in [-0.05, 0) is 31.3 Å². The summed E-state index contributed by atoms with van der Waals surface area (Å²) < 4.78 is 38.4. The molecule has 2 aromatic carbocycles. The van der Waals surface area contributed by atoms with Gasteiger partial charge in [-0.15, -0.1) is 0 Å². The van der Waals surface area contributed by atoms with Crippen LogP contribution in [-0.4, -0.2) is 63.4 Å². The van der Waals surface area contributed by atoms with Gasteiger partial charge in [0.25, 0.3) is 5.69 Å². The van der Waals surface area contributed by atoms with Gasteiger partial charge in [0.15, 0.2) is 0 Å². The minimum absolute atomic E-state index is 0.209. The molecule has 11 nitrogen and oxygen atoms in total. The Bertz CT molecular complexity index is 1190. The summed E-state index contributed by atoms with van der Waals surface area (Å²) in [5.74, 6) is 2.46. The molecule has 33 heavy (non-hydrogen) atoms. The number of carbonyl (C=O) groups is 2. The fourth-order valence-corrected chi connectivity index (χ4v) is 3.94. The molecule has 3 rings (SSSR count). The minimum Gasteiger partial charge on any atom is -0.497 e. The molecule has 1 unspecified atom stereocenters. The fraction of sp³-hybridized carbons (Fsp3) is 0.200. The monoisotopic (exact) mass is 471 g/mol. The number of hydrogen-bond acceptors (Lipinski definition) is 9. The van der Waals surface area contributed by atoms with Crippen LogP contribution in [0, 0.1) is 22.0 Å². The number of nitro groups is 1. The maximum atomic E-state index is 12.9. The van der Waals surface area contributed by atoms with Crippen LogP contribution in [0.1, 0.15) is 5.56 Å². The lowest BCUT2D eigenvalue weighted by Gasteiger charge is -2.25. The van der Waals surface area contributed by atoms with Crippen molar-refractivity contribution >= 4 is 34.8 Å². The van der Waals surface area contributed by atoms with E-state index in [4.69, 9.17) is 9.31 Å². The number of nitrogens with zero attached hydrogens (tertiary/aromatic N) is 2. The van der Waals surface area contributed by atoms with Gasteiger partial charge in [-0.1, -0.05) is 30.0 Å². The molecular formula is C20H18BN3O8S. The first-order valence-electron chi connectivity index (χ1n) is 9.55. The fourth-order valence-electron chi connectivity index (χ4n) is 2.81. The predicted octanol–water partition coefficient (Wildman–Crippen LogP) is 0.353. The van der Waals surface area contributed by atoms with E-state index >= 15 is 0 Å². The normalized spacial score (nSPS) is 15.8. The Morgan fingerprint density at radius 2 is 1.64 bits per heavy atom. The van der Waals surface area contributed by atoms with Crippen molar-refractivity contribution in [1.82, 2.24) is 9.62 Å². The largest absolute Gasteiger partial charge is 0.631 e. The van der Waals surface area contributed by atoms with Crippen molar-refractivity contribution < 1.29 is 32.2 Å². The molecule has 1 aliphatic heterocycles. The third-order valence-electron chi connectivity index (χ3n) is 4.35. The average Bonchev–Trinajstić information content (AvgIpc) is 2.75. The lowest BCUT2D eigenvalue weighted by atomic mass is 9.78. The third-order valence-corrected chi connectivity index (χ3v) is 5.81. The number of nitrogens with one attached hydrogen (secondary N) is 1. The molecule has 170 valence electrons. The van der Waals surface area contributed by atoms with Crippen molar-refractivity contribution in [1.29, 1.82) is 0 Å². The lowest BCUT2D eigenvalue weighted by molar-refractivity contribution is -0.384. The van der Waals surface area contributed by atoms with Crippen LogP contribution in [0.3, 0.4) is 0 Å². The summed E-state index contributed by atoms with van der Waals surface area (Å²) in [6, 6.07) is 12.8. The average molecular weight is 471 g/mol. The van der Waals surface area contributed by atoms with Gasteiger partial charge < -0.3 is 9.31 Å². The van der Waals surface area contributed by atoms with Gasteiger partial charge in [-0.2, -0.15) is 4.72 Å². The number of likely N-dealkylation sites (N-methyl/N-ethyl adjacent to an activating group) is 1. The Morgan fingerprint density at radius 1 is 1.06 bits per heavy atom. The zero-order valence-electron chi connectivity index (χ0n) is 17.3. The molecule has 13 heteroatoms. The second kappa shape index (κ2) is 10.3. The van der Waals surface area contributed by atoms with Gasteiger partial charge in [0, 0.05) is 17.7 Å². The standard InChI is InChI=1S/C20H18BN3O8S/c1-23-13-19(25)31-21(32-20(26)14-23)18(12-7-15-5-3-2-4-6-15)22-33(29,30)17-10-8-16(9-11-17)24(27)28/h2-6,8-11,18,22H,13-14H2,1H3. The predicted molar refractivity (Wildman–Crippen MR) is 116 cm³/mol. The van der Waals surface area contributed by atoms with Crippen LogP contribution in [0.4, 0.5) is 5.69 Å². The molecule has 1 N–H and O–H groups in total. The second-order valence-corrected chi connectivity index (χ2v) is 8.72. The number of nitro benzene ring substituents is 1. The molecule has 1 fully saturated rings. The van der Waals surface area contributed by atoms with E-state index in [1.54, 1.807) is 30.3 Å². The number of non-ortho nitro benzene ring substituents is 1. The number of rotatable bonds is 5. The van der Waals surface area contributed by atoms with Crippen molar-refractivity contribution in [3.05, 3.63) is 70.3 Å². The Balaban J connectivity index is 1.94. The van der Waals surface area contributed by atoms with Crippen LogP contribution >= 0.6 is 0 Å². The van der Waals surface area contributed by atoms with Gasteiger partial charge >= 0.3 is 19.1 Å². The summed E-state index contributed by atoms with van der Waals surface area (Å²) in [6.07, 6.45) is 0. The van der Waals surface area contributed by atoms with Crippen LogP contribution in [0.15, 0.2) is 59.5 Å². The quantitative estimate of drug-likeness (QED) is 0.283. The Morgan fingerprint density at radius 3 is 2.18 bits per heavy atom. The first-order chi connectivity index (χ1) is 15.6. The molecule has 0 radical (unpaired) electrons. The van der Waals surface area contributed by atoms with Gasteiger partial charge in [-0.25, -0.2) is 8.42 Å². The van der Waals surface area contributed by atoms with E-state index in [9.17, 15) is 28.1 Å². The molecule has 1 saturated heterocycles. The van der Waals surface area contributed by atoms with Gasteiger partial charge in [0.1, 0.15) is 5.94 Å². The van der Waals surface area contributed by atoms with Crippen LogP contribution < -0.4 is 4.72 Å². The zero-order chi connectivity index (χ0) is 24.0. The molecule has 0 aromatic heterocycles. The molecule has 0 spiro atoms. The van der Waals surface area contributed by atoms with E-state index in [-0.39, 0.29) is 23.7 Å². The topological polar surface area (TPSA) is 145 Å². The Kier molecular flexibility index (Phi) is 7.44. The Labute approximate surface area is 190 Å². The van der Waals surface area contributed by atoms with E-state index in [0.29, 0.717) is 5.56 Å². The number of hydrogen-bond donors (Lipinski definition) is 1. The summed E-state index contributed by atoms with van der Waals surface area (Å²) in [5.41, 5.74) is 0.252. The van der Waals surface area contributed by atoms with Crippen LogP contribution in [0.2, 0.25) is 0 Å². The highest BCUT2D eigenvalue weighted by Gasteiger charge is 2.41. The molecule has 1 aliphatic rings. The van der Waals surface area contributed by atoms with Crippen molar-refractivity contribution in [2.24, 2.45) is 0 Å². The SMILES string of the molecule is CN1CC(=O)OB(C(C#Cc2ccccc2)NS(=O)(=O)c2ccc([N+](=O)[O-])cc2)OC(=O)C1. The first-order valence-corrected chi connectivity index (χ1v) is 11.0. The van der Waals surface area contributed by atoms with Crippen molar-refractivity contribution in [3.8, 4) is 11.8 Å². The highest BCUT2D eigenvalue weighted by molar-refractivity contribution is 7.89. The lowest BCUT2D eigenvalue weighted by Crippen LogP contribution is -2.53. The summed E-state index contributed by atoms with van der Waals surface area (Å²) in [6.45, 7) is -0.418. The maximum Gasteiger partial charge on any atom is 0.631 e. The molecule has 2 aromatic rings. The van der Waals surface area contributed by atoms with Gasteiger partial charge in [0.05, 0.1) is 22.9 Å². The summed E-state index contributed by atoms with van der Waals surface area (Å²) in [7, 11) is -4.42. The minimum atomic E-state index is -4.29. The summed E-state index contributed by atoms with van der Waals surface area (Å²) in [5, 5.41) is 10.8. The number of benzene rings is 2. The van der Waals surface area contributed by atoms with Gasteiger partial charge in [0.2, 0.25) is 10.0 Å². The summed E-state index contributed by atoms with van der Waals surface area (Å²) in [4.78, 5) is 35.5. The molecule has 1 atom stereocenters. The van der Waals surface area contributed by atoms with E-state index in [0.717, 1.165) is 24.3 Å². The first kappa shape index (κ1) is 23.9. The molecule has 0 saturated carbocycles. The van der Waals surface area contributed by atoms with Crippen molar-refractivity contribution in [2.75, 3.05) is 20.1 Å². The number of sulfonamides is 1. The van der Waals surface area contributed by atoms with E-state index < -0.39 is 39.9 Å². The van der Waals surface area contributed by atoms with Crippen LogP contribution in [-0.2, 0) is 28.9 Å². The molecule has 0 aliphatic carbocycles. The molecule has 0 amide bonds.